The Hall–Kier alpha value is -0.200. The van der Waals surface area contributed by atoms with E-state index < -0.39 is 0 Å². The van der Waals surface area contributed by atoms with Crippen molar-refractivity contribution in [3.63, 3.8) is 0 Å². The van der Waals surface area contributed by atoms with Crippen molar-refractivity contribution in [1.29, 1.82) is 0 Å². The van der Waals surface area contributed by atoms with Crippen molar-refractivity contribution < 1.29 is 4.74 Å². The second-order valence-electron chi connectivity index (χ2n) is 3.31. The van der Waals surface area contributed by atoms with Gasteiger partial charge in [0.25, 0.3) is 0 Å². The number of nitrogens with zero attached hydrogens (tertiary/aromatic N) is 2. The highest BCUT2D eigenvalue weighted by molar-refractivity contribution is 9.10. The molecule has 19 heavy (non-hydrogen) atoms. The Kier molecular flexibility index (Phi) is 5.20. The molecule has 0 saturated heterocycles. The average Bonchev–Trinajstić information content (AvgIpc) is 2.35. The van der Waals surface area contributed by atoms with E-state index in [1.165, 1.54) is 17.8 Å². The Bertz CT molecular complexity index is 627. The lowest BCUT2D eigenvalue weighted by Crippen LogP contribution is -1.93. The molecule has 0 amide bonds. The van der Waals surface area contributed by atoms with Crippen LogP contribution in [0.1, 0.15) is 0 Å². The lowest BCUT2D eigenvalue weighted by atomic mass is 10.3. The molecule has 1 heterocycles. The van der Waals surface area contributed by atoms with Crippen LogP contribution in [0.4, 0.5) is 0 Å². The first-order valence-electron chi connectivity index (χ1n) is 4.90. The summed E-state index contributed by atoms with van der Waals surface area (Å²) < 4.78 is 6.27. The van der Waals surface area contributed by atoms with Gasteiger partial charge in [0.1, 0.15) is 10.9 Å². The molecule has 0 spiro atoms. The van der Waals surface area contributed by atoms with Crippen LogP contribution in [-0.4, -0.2) is 16.2 Å². The number of hydrogen-bond donors (Lipinski definition) is 0. The highest BCUT2D eigenvalue weighted by atomic mass is 79.9. The third-order valence-corrected chi connectivity index (χ3v) is 4.26. The second-order valence-corrected chi connectivity index (χ2v) is 6.14. The van der Waals surface area contributed by atoms with E-state index in [0.29, 0.717) is 36.5 Å². The number of hydrogen-bond acceptors (Lipinski definition) is 4. The maximum atomic E-state index is 6.07. The minimum absolute atomic E-state index is 0.300. The lowest BCUT2D eigenvalue weighted by Gasteiger charge is -2.09. The molecule has 0 aliphatic carbocycles. The van der Waals surface area contributed by atoms with E-state index in [1.807, 2.05) is 6.26 Å². The van der Waals surface area contributed by atoms with Crippen molar-refractivity contribution in [2.45, 2.75) is 5.16 Å². The first kappa shape index (κ1) is 15.2. The Morgan fingerprint density at radius 1 is 1.11 bits per heavy atom. The summed E-state index contributed by atoms with van der Waals surface area (Å²) in [5, 5.41) is 1.72. The lowest BCUT2D eigenvalue weighted by molar-refractivity contribution is 0.456. The van der Waals surface area contributed by atoms with Gasteiger partial charge in [-0.15, -0.1) is 0 Å². The molecule has 0 bridgehead atoms. The molecule has 1 aromatic carbocycles. The van der Waals surface area contributed by atoms with Crippen LogP contribution in [0, 0.1) is 0 Å². The summed E-state index contributed by atoms with van der Waals surface area (Å²) in [4.78, 5) is 8.19. The van der Waals surface area contributed by atoms with Gasteiger partial charge in [0.15, 0.2) is 5.16 Å². The molecule has 0 radical (unpaired) electrons. The fraction of sp³-hybridized carbons (Fsp3) is 0.0909. The van der Waals surface area contributed by atoms with E-state index in [4.69, 9.17) is 39.5 Å². The molecule has 2 rings (SSSR count). The molecule has 0 unspecified atom stereocenters. The summed E-state index contributed by atoms with van der Waals surface area (Å²) in [5.74, 6) is 0.710. The summed E-state index contributed by atoms with van der Waals surface area (Å²) in [6, 6.07) is 4.76. The van der Waals surface area contributed by atoms with E-state index in [9.17, 15) is 0 Å². The second kappa shape index (κ2) is 6.50. The van der Waals surface area contributed by atoms with Crippen molar-refractivity contribution in [3.8, 4) is 11.6 Å². The van der Waals surface area contributed by atoms with E-state index >= 15 is 0 Å². The molecule has 0 fully saturated rings. The van der Waals surface area contributed by atoms with Crippen LogP contribution in [0.25, 0.3) is 0 Å². The van der Waals surface area contributed by atoms with Gasteiger partial charge >= 0.3 is 0 Å². The van der Waals surface area contributed by atoms with Gasteiger partial charge in [-0.25, -0.2) is 4.98 Å². The monoisotopic (exact) mass is 398 g/mol. The average molecular weight is 401 g/mol. The Labute approximate surface area is 137 Å². The summed E-state index contributed by atoms with van der Waals surface area (Å²) >= 11 is 22.6. The highest BCUT2D eigenvalue weighted by Crippen LogP contribution is 2.36. The van der Waals surface area contributed by atoms with E-state index in [1.54, 1.807) is 12.1 Å². The Morgan fingerprint density at radius 2 is 1.84 bits per heavy atom. The third-order valence-electron chi connectivity index (χ3n) is 2.02. The van der Waals surface area contributed by atoms with Crippen LogP contribution in [0.2, 0.25) is 15.2 Å². The molecule has 0 saturated carbocycles. The normalized spacial score (nSPS) is 10.6. The molecule has 100 valence electrons. The van der Waals surface area contributed by atoms with Crippen LogP contribution in [-0.2, 0) is 0 Å². The van der Waals surface area contributed by atoms with Crippen LogP contribution >= 0.6 is 62.5 Å². The third kappa shape index (κ3) is 3.89. The van der Waals surface area contributed by atoms with Gasteiger partial charge in [-0.1, -0.05) is 46.6 Å². The van der Waals surface area contributed by atoms with Gasteiger partial charge in [0.05, 0.1) is 10.0 Å². The van der Waals surface area contributed by atoms with Gasteiger partial charge < -0.3 is 4.74 Å². The number of aromatic nitrogens is 2. The van der Waals surface area contributed by atoms with Gasteiger partial charge in [-0.05, 0) is 28.3 Å². The SMILES string of the molecule is CSc1nc(Cl)cc(Oc2cc(Cl)c(Br)cc2Cl)n1. The molecular weight excluding hydrogens is 394 g/mol. The minimum Gasteiger partial charge on any atom is -0.437 e. The molecule has 0 aliphatic rings. The smallest absolute Gasteiger partial charge is 0.224 e. The maximum Gasteiger partial charge on any atom is 0.224 e. The summed E-state index contributed by atoms with van der Waals surface area (Å²) in [6.07, 6.45) is 1.85. The fourth-order valence-electron chi connectivity index (χ4n) is 1.22. The van der Waals surface area contributed by atoms with Crippen LogP contribution in [0.15, 0.2) is 27.8 Å². The fourth-order valence-corrected chi connectivity index (χ4v) is 2.64. The Morgan fingerprint density at radius 3 is 2.53 bits per heavy atom. The van der Waals surface area contributed by atoms with Crippen molar-refractivity contribution >= 4 is 62.5 Å². The van der Waals surface area contributed by atoms with Gasteiger partial charge in [-0.3, -0.25) is 0 Å². The topological polar surface area (TPSA) is 35.0 Å². The number of halogens is 4. The molecular formula is C11H6BrCl3N2OS. The first-order chi connectivity index (χ1) is 8.99. The molecule has 0 N–H and O–H groups in total. The quantitative estimate of drug-likeness (QED) is 0.286. The predicted octanol–water partition coefficient (Wildman–Crippen LogP) is 5.71. The van der Waals surface area contributed by atoms with Gasteiger partial charge in [-0.2, -0.15) is 4.98 Å². The van der Waals surface area contributed by atoms with Crippen LogP contribution in [0.5, 0.6) is 11.6 Å². The van der Waals surface area contributed by atoms with E-state index in [2.05, 4.69) is 25.9 Å². The number of rotatable bonds is 3. The number of benzene rings is 1. The summed E-state index contributed by atoms with van der Waals surface area (Å²) in [6.45, 7) is 0. The van der Waals surface area contributed by atoms with E-state index in [-0.39, 0.29) is 0 Å². The van der Waals surface area contributed by atoms with Gasteiger partial charge in [0.2, 0.25) is 5.88 Å². The molecule has 8 heteroatoms. The summed E-state index contributed by atoms with van der Waals surface area (Å²) in [5.41, 5.74) is 0. The van der Waals surface area contributed by atoms with Crippen molar-refractivity contribution in [3.05, 3.63) is 37.9 Å². The van der Waals surface area contributed by atoms with Gasteiger partial charge in [0, 0.05) is 16.6 Å². The zero-order valence-electron chi connectivity index (χ0n) is 9.45. The largest absolute Gasteiger partial charge is 0.437 e. The predicted molar refractivity (Wildman–Crippen MR) is 83.1 cm³/mol. The number of ether oxygens (including phenoxy) is 1. The molecule has 3 nitrogen and oxygen atoms in total. The first-order valence-corrected chi connectivity index (χ1v) is 8.05. The maximum absolute atomic E-state index is 6.07. The van der Waals surface area contributed by atoms with Crippen molar-refractivity contribution in [2.24, 2.45) is 0 Å². The minimum atomic E-state index is 0.300. The standard InChI is InChI=1S/C11H6BrCl3N2OS/c1-19-11-16-9(15)4-10(17-11)18-8-3-6(13)5(12)2-7(8)14/h2-4H,1H3. The molecule has 1 aromatic heterocycles. The zero-order valence-corrected chi connectivity index (χ0v) is 14.1. The highest BCUT2D eigenvalue weighted by Gasteiger charge is 2.10. The molecule has 0 aliphatic heterocycles. The Balaban J connectivity index is 2.36. The molecule has 2 aromatic rings. The van der Waals surface area contributed by atoms with E-state index in [0.717, 1.165) is 0 Å². The van der Waals surface area contributed by atoms with Crippen LogP contribution < -0.4 is 4.74 Å². The number of thioether (sulfide) groups is 1. The van der Waals surface area contributed by atoms with Crippen molar-refractivity contribution in [2.75, 3.05) is 6.26 Å². The summed E-state index contributed by atoms with van der Waals surface area (Å²) in [7, 11) is 0. The van der Waals surface area contributed by atoms with Crippen LogP contribution in [0.3, 0.4) is 0 Å². The molecule has 0 atom stereocenters. The van der Waals surface area contributed by atoms with Crippen molar-refractivity contribution in [1.82, 2.24) is 9.97 Å². The zero-order chi connectivity index (χ0) is 14.0.